The Balaban J connectivity index is 1.88. The van der Waals surface area contributed by atoms with Crippen LogP contribution in [-0.2, 0) is 13.5 Å². The predicted molar refractivity (Wildman–Crippen MR) is 80.6 cm³/mol. The molecule has 0 aliphatic carbocycles. The topological polar surface area (TPSA) is 29.9 Å². The summed E-state index contributed by atoms with van der Waals surface area (Å²) in [6.45, 7) is 1.94. The van der Waals surface area contributed by atoms with E-state index in [4.69, 9.17) is 5.10 Å². The van der Waals surface area contributed by atoms with Gasteiger partial charge in [-0.15, -0.1) is 0 Å². The fourth-order valence-corrected chi connectivity index (χ4v) is 3.95. The van der Waals surface area contributed by atoms with Gasteiger partial charge < -0.3 is 5.32 Å². The molecule has 0 amide bonds. The summed E-state index contributed by atoms with van der Waals surface area (Å²) in [6, 6.07) is 6.18. The number of nitrogens with zero attached hydrogens (tertiary/aromatic N) is 2. The molecule has 2 bridgehead atoms. The van der Waals surface area contributed by atoms with Crippen LogP contribution in [-0.4, -0.2) is 15.8 Å². The molecule has 4 rings (SSSR count). The monoisotopic (exact) mass is 285 g/mol. The standard InChI is InChI=1S/C17H20FN3/c1-10-6-11(8-12(18)7-10)17-14-9-13-4-3-5-15(19-13)16(14)20-21(17)2/h6-8,13,15,19H,3-5,9H2,1-2H3/t13?,15-/m0/s1. The second-order valence-corrected chi connectivity index (χ2v) is 6.40. The summed E-state index contributed by atoms with van der Waals surface area (Å²) in [4.78, 5) is 0. The quantitative estimate of drug-likeness (QED) is 0.871. The highest BCUT2D eigenvalue weighted by atomic mass is 19.1. The molecule has 2 atom stereocenters. The van der Waals surface area contributed by atoms with Crippen LogP contribution in [0.4, 0.5) is 4.39 Å². The molecule has 1 fully saturated rings. The smallest absolute Gasteiger partial charge is 0.124 e. The fourth-order valence-electron chi connectivity index (χ4n) is 3.95. The molecule has 21 heavy (non-hydrogen) atoms. The number of halogens is 1. The van der Waals surface area contributed by atoms with E-state index < -0.39 is 0 Å². The van der Waals surface area contributed by atoms with Gasteiger partial charge in [-0.1, -0.05) is 0 Å². The van der Waals surface area contributed by atoms with Gasteiger partial charge >= 0.3 is 0 Å². The van der Waals surface area contributed by atoms with Gasteiger partial charge in [0.2, 0.25) is 0 Å². The van der Waals surface area contributed by atoms with Gasteiger partial charge in [-0.25, -0.2) is 4.39 Å². The van der Waals surface area contributed by atoms with E-state index in [1.807, 2.05) is 18.7 Å². The minimum absolute atomic E-state index is 0.172. The molecule has 0 saturated carbocycles. The van der Waals surface area contributed by atoms with Crippen LogP contribution in [0, 0.1) is 12.7 Å². The van der Waals surface area contributed by atoms with Crippen molar-refractivity contribution in [2.75, 3.05) is 0 Å². The number of fused-ring (bicyclic) bond motifs is 4. The van der Waals surface area contributed by atoms with Gasteiger partial charge in [0.15, 0.2) is 0 Å². The van der Waals surface area contributed by atoms with E-state index in [1.54, 1.807) is 12.1 Å². The van der Waals surface area contributed by atoms with Crippen LogP contribution in [0.1, 0.15) is 42.1 Å². The van der Waals surface area contributed by atoms with Crippen molar-refractivity contribution in [1.82, 2.24) is 15.1 Å². The lowest BCUT2D eigenvalue weighted by molar-refractivity contribution is 0.297. The molecular weight excluding hydrogens is 265 g/mol. The average molecular weight is 285 g/mol. The Labute approximate surface area is 124 Å². The Morgan fingerprint density at radius 2 is 2.14 bits per heavy atom. The van der Waals surface area contributed by atoms with Crippen molar-refractivity contribution in [3.05, 3.63) is 40.8 Å². The van der Waals surface area contributed by atoms with E-state index in [-0.39, 0.29) is 5.82 Å². The largest absolute Gasteiger partial charge is 0.305 e. The number of rotatable bonds is 1. The Kier molecular flexibility index (Phi) is 2.89. The highest BCUT2D eigenvalue weighted by Gasteiger charge is 2.34. The molecule has 1 unspecified atom stereocenters. The zero-order valence-electron chi connectivity index (χ0n) is 12.5. The van der Waals surface area contributed by atoms with E-state index in [0.717, 1.165) is 29.7 Å². The van der Waals surface area contributed by atoms with Crippen LogP contribution >= 0.6 is 0 Å². The number of piperidine rings is 1. The lowest BCUT2D eigenvalue weighted by Gasteiger charge is -2.35. The van der Waals surface area contributed by atoms with Crippen molar-refractivity contribution < 1.29 is 4.39 Å². The summed E-state index contributed by atoms with van der Waals surface area (Å²) in [5, 5.41) is 8.41. The Hall–Kier alpha value is -1.68. The maximum absolute atomic E-state index is 13.8. The highest BCUT2D eigenvalue weighted by Crippen LogP contribution is 2.38. The summed E-state index contributed by atoms with van der Waals surface area (Å²) in [6.07, 6.45) is 4.66. The van der Waals surface area contributed by atoms with Gasteiger partial charge in [-0.3, -0.25) is 4.68 Å². The lowest BCUT2D eigenvalue weighted by Crippen LogP contribution is -2.42. The van der Waals surface area contributed by atoms with Crippen molar-refractivity contribution in [3.63, 3.8) is 0 Å². The van der Waals surface area contributed by atoms with Gasteiger partial charge in [0.25, 0.3) is 0 Å². The summed E-state index contributed by atoms with van der Waals surface area (Å²) in [5.74, 6) is -0.172. The molecule has 1 saturated heterocycles. The van der Waals surface area contributed by atoms with Gasteiger partial charge in [-0.05, 0) is 56.4 Å². The van der Waals surface area contributed by atoms with Crippen molar-refractivity contribution in [2.45, 2.75) is 44.7 Å². The first-order chi connectivity index (χ1) is 10.1. The molecule has 3 nitrogen and oxygen atoms in total. The number of nitrogens with one attached hydrogen (secondary N) is 1. The van der Waals surface area contributed by atoms with Crippen molar-refractivity contribution in [3.8, 4) is 11.3 Å². The first-order valence-corrected chi connectivity index (χ1v) is 7.71. The molecule has 1 N–H and O–H groups in total. The summed E-state index contributed by atoms with van der Waals surface area (Å²) in [5.41, 5.74) is 5.48. The highest BCUT2D eigenvalue weighted by molar-refractivity contribution is 5.66. The van der Waals surface area contributed by atoms with E-state index >= 15 is 0 Å². The molecule has 1 aromatic carbocycles. The van der Waals surface area contributed by atoms with Gasteiger partial charge in [0.05, 0.1) is 17.4 Å². The van der Waals surface area contributed by atoms with Gasteiger partial charge in [0, 0.05) is 24.2 Å². The van der Waals surface area contributed by atoms with Crippen LogP contribution in [0.3, 0.4) is 0 Å². The number of benzene rings is 1. The Morgan fingerprint density at radius 1 is 1.29 bits per heavy atom. The molecule has 2 aromatic rings. The Morgan fingerprint density at radius 3 is 2.95 bits per heavy atom. The van der Waals surface area contributed by atoms with Crippen LogP contribution in [0.5, 0.6) is 0 Å². The van der Waals surface area contributed by atoms with Crippen molar-refractivity contribution >= 4 is 0 Å². The molecule has 1 aromatic heterocycles. The number of hydrogen-bond acceptors (Lipinski definition) is 2. The lowest BCUT2D eigenvalue weighted by atomic mass is 9.84. The molecule has 3 heterocycles. The molecule has 2 aliphatic heterocycles. The van der Waals surface area contributed by atoms with Gasteiger partial charge in [0.1, 0.15) is 5.82 Å². The molecule has 0 radical (unpaired) electrons. The maximum Gasteiger partial charge on any atom is 0.124 e. The number of hydrogen-bond donors (Lipinski definition) is 1. The fraction of sp³-hybridized carbons (Fsp3) is 0.471. The zero-order valence-corrected chi connectivity index (χ0v) is 12.5. The van der Waals surface area contributed by atoms with E-state index in [2.05, 4.69) is 11.4 Å². The van der Waals surface area contributed by atoms with Crippen LogP contribution in [0.25, 0.3) is 11.3 Å². The second-order valence-electron chi connectivity index (χ2n) is 6.40. The molecule has 2 aliphatic rings. The minimum atomic E-state index is -0.172. The van der Waals surface area contributed by atoms with Crippen LogP contribution in [0.15, 0.2) is 18.2 Å². The SMILES string of the molecule is Cc1cc(F)cc(-c2c3c(nn2C)[C@@H]2CCCC(C3)N2)c1. The zero-order chi connectivity index (χ0) is 14.6. The summed E-state index contributed by atoms with van der Waals surface area (Å²) in [7, 11) is 1.97. The van der Waals surface area contributed by atoms with E-state index in [1.165, 1.54) is 24.1 Å². The van der Waals surface area contributed by atoms with Crippen LogP contribution < -0.4 is 5.32 Å². The third-order valence-electron chi connectivity index (χ3n) is 4.75. The molecular formula is C17H20FN3. The first kappa shape index (κ1) is 13.0. The normalized spacial score (nSPS) is 24.0. The van der Waals surface area contributed by atoms with Crippen molar-refractivity contribution in [2.24, 2.45) is 7.05 Å². The summed E-state index contributed by atoms with van der Waals surface area (Å²) >= 11 is 0. The average Bonchev–Trinajstić information content (AvgIpc) is 2.74. The molecule has 110 valence electrons. The maximum atomic E-state index is 13.8. The minimum Gasteiger partial charge on any atom is -0.305 e. The summed E-state index contributed by atoms with van der Waals surface area (Å²) < 4.78 is 15.7. The third-order valence-corrected chi connectivity index (χ3v) is 4.75. The van der Waals surface area contributed by atoms with Gasteiger partial charge in [-0.2, -0.15) is 5.10 Å². The number of aryl methyl sites for hydroxylation is 2. The van der Waals surface area contributed by atoms with Crippen LogP contribution in [0.2, 0.25) is 0 Å². The third kappa shape index (κ3) is 2.09. The van der Waals surface area contributed by atoms with E-state index in [9.17, 15) is 4.39 Å². The van der Waals surface area contributed by atoms with Crippen molar-refractivity contribution in [1.29, 1.82) is 0 Å². The predicted octanol–water partition coefficient (Wildman–Crippen LogP) is 3.27. The Bertz CT molecular complexity index is 684. The molecule has 4 heteroatoms. The number of aromatic nitrogens is 2. The first-order valence-electron chi connectivity index (χ1n) is 7.71. The second kappa shape index (κ2) is 4.67. The molecule has 0 spiro atoms. The van der Waals surface area contributed by atoms with E-state index in [0.29, 0.717) is 12.1 Å².